The summed E-state index contributed by atoms with van der Waals surface area (Å²) in [5.41, 5.74) is 5.27. The van der Waals surface area contributed by atoms with Crippen LogP contribution in [-0.4, -0.2) is 11.6 Å². The van der Waals surface area contributed by atoms with Gasteiger partial charge in [-0.25, -0.2) is 8.78 Å². The largest absolute Gasteiger partial charge is 0.387 e. The molecule has 0 saturated carbocycles. The van der Waals surface area contributed by atoms with E-state index in [4.69, 9.17) is 11.1 Å². The molecule has 1 atom stereocenters. The van der Waals surface area contributed by atoms with E-state index < -0.39 is 11.6 Å². The second-order valence-corrected chi connectivity index (χ2v) is 4.30. The van der Waals surface area contributed by atoms with E-state index in [1.54, 1.807) is 6.92 Å². The van der Waals surface area contributed by atoms with E-state index >= 15 is 0 Å². The summed E-state index contributed by atoms with van der Waals surface area (Å²) in [6.45, 7) is 1.77. The van der Waals surface area contributed by atoms with E-state index in [-0.39, 0.29) is 16.6 Å². The maximum absolute atomic E-state index is 13.1. The van der Waals surface area contributed by atoms with Gasteiger partial charge in [0.2, 0.25) is 0 Å². The minimum Gasteiger partial charge on any atom is -0.387 e. The minimum absolute atomic E-state index is 0.0549. The van der Waals surface area contributed by atoms with E-state index in [0.29, 0.717) is 5.75 Å². The van der Waals surface area contributed by atoms with Crippen molar-refractivity contribution in [2.24, 2.45) is 11.7 Å². The summed E-state index contributed by atoms with van der Waals surface area (Å²) >= 11 is 1.16. The molecule has 1 rings (SSSR count). The summed E-state index contributed by atoms with van der Waals surface area (Å²) in [6, 6.07) is 3.32. The minimum atomic E-state index is -0.464. The van der Waals surface area contributed by atoms with Crippen molar-refractivity contribution in [1.29, 1.82) is 5.41 Å². The highest BCUT2D eigenvalue weighted by Crippen LogP contribution is 2.24. The molecule has 1 aromatic carbocycles. The summed E-state index contributed by atoms with van der Waals surface area (Å²) in [5.74, 6) is -0.529. The Kier molecular flexibility index (Phi) is 4.08. The van der Waals surface area contributed by atoms with Gasteiger partial charge in [0.25, 0.3) is 0 Å². The summed E-state index contributed by atoms with van der Waals surface area (Å²) in [6.07, 6.45) is 0. The standard InChI is InChI=1S/C10H12F2N2S/c1-6(10(13)14)5-15-9-4-7(11)2-3-8(9)12/h2-4,6H,5H2,1H3,(H3,13,14). The van der Waals surface area contributed by atoms with Gasteiger partial charge in [-0.05, 0) is 18.2 Å². The van der Waals surface area contributed by atoms with Crippen LogP contribution in [-0.2, 0) is 0 Å². The van der Waals surface area contributed by atoms with Crippen LogP contribution in [0.3, 0.4) is 0 Å². The first-order valence-electron chi connectivity index (χ1n) is 4.42. The van der Waals surface area contributed by atoms with Crippen LogP contribution in [0.4, 0.5) is 8.78 Å². The van der Waals surface area contributed by atoms with Gasteiger partial charge in [-0.15, -0.1) is 11.8 Å². The summed E-state index contributed by atoms with van der Waals surface area (Å²) < 4.78 is 25.9. The molecule has 82 valence electrons. The maximum atomic E-state index is 13.1. The number of nitrogens with one attached hydrogen (secondary N) is 1. The molecular formula is C10H12F2N2S. The maximum Gasteiger partial charge on any atom is 0.136 e. The molecule has 0 amide bonds. The van der Waals surface area contributed by atoms with Crippen molar-refractivity contribution in [3.05, 3.63) is 29.8 Å². The SMILES string of the molecule is CC(CSc1cc(F)ccc1F)C(=N)N. The molecule has 0 bridgehead atoms. The molecule has 15 heavy (non-hydrogen) atoms. The van der Waals surface area contributed by atoms with Gasteiger partial charge >= 0.3 is 0 Å². The Labute approximate surface area is 91.4 Å². The van der Waals surface area contributed by atoms with Gasteiger partial charge in [0.15, 0.2) is 0 Å². The van der Waals surface area contributed by atoms with Crippen LogP contribution in [0.15, 0.2) is 23.1 Å². The van der Waals surface area contributed by atoms with Gasteiger partial charge in [0.1, 0.15) is 11.6 Å². The molecule has 5 heteroatoms. The number of rotatable bonds is 4. The molecule has 0 saturated heterocycles. The third-order valence-electron chi connectivity index (χ3n) is 1.91. The first kappa shape index (κ1) is 12.0. The average Bonchev–Trinajstić information content (AvgIpc) is 2.18. The van der Waals surface area contributed by atoms with Crippen LogP contribution < -0.4 is 5.73 Å². The molecule has 2 nitrogen and oxygen atoms in total. The van der Waals surface area contributed by atoms with Crippen molar-refractivity contribution < 1.29 is 8.78 Å². The highest BCUT2D eigenvalue weighted by atomic mass is 32.2. The van der Waals surface area contributed by atoms with Crippen molar-refractivity contribution in [3.63, 3.8) is 0 Å². The van der Waals surface area contributed by atoms with Crippen molar-refractivity contribution >= 4 is 17.6 Å². The Morgan fingerprint density at radius 1 is 1.53 bits per heavy atom. The fraction of sp³-hybridized carbons (Fsp3) is 0.300. The van der Waals surface area contributed by atoms with E-state index in [0.717, 1.165) is 30.0 Å². The van der Waals surface area contributed by atoms with E-state index in [2.05, 4.69) is 0 Å². The zero-order chi connectivity index (χ0) is 11.4. The molecule has 3 N–H and O–H groups in total. The highest BCUT2D eigenvalue weighted by Gasteiger charge is 2.09. The zero-order valence-corrected chi connectivity index (χ0v) is 9.07. The second kappa shape index (κ2) is 5.11. The molecule has 0 fully saturated rings. The Morgan fingerprint density at radius 2 is 2.20 bits per heavy atom. The van der Waals surface area contributed by atoms with Crippen molar-refractivity contribution in [1.82, 2.24) is 0 Å². The number of halogens is 2. The summed E-state index contributed by atoms with van der Waals surface area (Å²) in [4.78, 5) is 0.253. The lowest BCUT2D eigenvalue weighted by Crippen LogP contribution is -2.21. The third-order valence-corrected chi connectivity index (χ3v) is 3.20. The Bertz CT molecular complexity index is 368. The molecule has 0 heterocycles. The van der Waals surface area contributed by atoms with Crippen molar-refractivity contribution in [2.45, 2.75) is 11.8 Å². The molecule has 1 aromatic rings. The molecule has 0 aromatic heterocycles. The van der Waals surface area contributed by atoms with E-state index in [1.807, 2.05) is 0 Å². The van der Waals surface area contributed by atoms with Gasteiger partial charge in [0.05, 0.1) is 5.84 Å². The number of amidine groups is 1. The number of benzene rings is 1. The quantitative estimate of drug-likeness (QED) is 0.474. The number of thioether (sulfide) groups is 1. The molecule has 0 aliphatic rings. The summed E-state index contributed by atoms with van der Waals surface area (Å²) in [7, 11) is 0. The monoisotopic (exact) mass is 230 g/mol. The Balaban J connectivity index is 2.65. The fourth-order valence-electron chi connectivity index (χ4n) is 0.892. The zero-order valence-electron chi connectivity index (χ0n) is 8.26. The molecule has 0 spiro atoms. The van der Waals surface area contributed by atoms with Crippen LogP contribution in [0.5, 0.6) is 0 Å². The van der Waals surface area contributed by atoms with Gasteiger partial charge in [-0.3, -0.25) is 5.41 Å². The van der Waals surface area contributed by atoms with Crippen LogP contribution in [0.1, 0.15) is 6.92 Å². The number of nitrogens with two attached hydrogens (primary N) is 1. The first-order valence-corrected chi connectivity index (χ1v) is 5.41. The molecule has 0 aliphatic heterocycles. The van der Waals surface area contributed by atoms with Crippen molar-refractivity contribution in [3.8, 4) is 0 Å². The first-order chi connectivity index (χ1) is 7.00. The van der Waals surface area contributed by atoms with Crippen LogP contribution in [0, 0.1) is 23.0 Å². The van der Waals surface area contributed by atoms with Gasteiger partial charge in [0, 0.05) is 16.6 Å². The Morgan fingerprint density at radius 3 is 2.80 bits per heavy atom. The lowest BCUT2D eigenvalue weighted by atomic mass is 10.2. The topological polar surface area (TPSA) is 49.9 Å². The molecular weight excluding hydrogens is 218 g/mol. The predicted molar refractivity (Wildman–Crippen MR) is 58.2 cm³/mol. The lowest BCUT2D eigenvalue weighted by Gasteiger charge is -2.09. The number of hydrogen-bond donors (Lipinski definition) is 2. The molecule has 0 radical (unpaired) electrons. The van der Waals surface area contributed by atoms with E-state index in [1.165, 1.54) is 0 Å². The second-order valence-electron chi connectivity index (χ2n) is 3.24. The average molecular weight is 230 g/mol. The van der Waals surface area contributed by atoms with Crippen LogP contribution in [0.25, 0.3) is 0 Å². The smallest absolute Gasteiger partial charge is 0.136 e. The van der Waals surface area contributed by atoms with Crippen molar-refractivity contribution in [2.75, 3.05) is 5.75 Å². The van der Waals surface area contributed by atoms with Crippen LogP contribution >= 0.6 is 11.8 Å². The lowest BCUT2D eigenvalue weighted by molar-refractivity contribution is 0.577. The number of hydrogen-bond acceptors (Lipinski definition) is 2. The molecule has 0 aliphatic carbocycles. The van der Waals surface area contributed by atoms with Gasteiger partial charge in [-0.2, -0.15) is 0 Å². The van der Waals surface area contributed by atoms with Crippen LogP contribution in [0.2, 0.25) is 0 Å². The Hall–Kier alpha value is -1.10. The fourth-order valence-corrected chi connectivity index (χ4v) is 1.90. The predicted octanol–water partition coefficient (Wildman–Crippen LogP) is 2.63. The van der Waals surface area contributed by atoms with Gasteiger partial charge in [-0.1, -0.05) is 6.92 Å². The van der Waals surface area contributed by atoms with E-state index in [9.17, 15) is 8.78 Å². The van der Waals surface area contributed by atoms with Gasteiger partial charge < -0.3 is 5.73 Å². The summed E-state index contributed by atoms with van der Waals surface area (Å²) in [5, 5.41) is 7.16. The third kappa shape index (κ3) is 3.51. The normalized spacial score (nSPS) is 12.5. The molecule has 1 unspecified atom stereocenters. The highest BCUT2D eigenvalue weighted by molar-refractivity contribution is 7.99.